The summed E-state index contributed by atoms with van der Waals surface area (Å²) in [5, 5.41) is 0.891. The number of aromatic nitrogens is 1. The predicted molar refractivity (Wildman–Crippen MR) is 95.2 cm³/mol. The van der Waals surface area contributed by atoms with Crippen LogP contribution in [0.15, 0.2) is 40.8 Å². The molecule has 1 amide bonds. The van der Waals surface area contributed by atoms with E-state index in [9.17, 15) is 13.6 Å². The standard InChI is InChI=1S/C18H12Cl2F2N2O2/c19-11-3-10(4-12(20)6-11)17-23-15-2-1-9(5-16(15)26-17)18(25)24-7-13(21)14(22)8-24/h1-6,13-14H,7-8H2/t13-,14+. The minimum atomic E-state index is -1.65. The zero-order chi connectivity index (χ0) is 18.4. The van der Waals surface area contributed by atoms with Gasteiger partial charge in [0.25, 0.3) is 5.91 Å². The third-order valence-electron chi connectivity index (χ3n) is 4.21. The Hall–Kier alpha value is -2.18. The molecule has 0 saturated carbocycles. The van der Waals surface area contributed by atoms with E-state index >= 15 is 0 Å². The summed E-state index contributed by atoms with van der Waals surface area (Å²) >= 11 is 12.0. The monoisotopic (exact) mass is 396 g/mol. The number of amides is 1. The molecule has 1 aromatic heterocycles. The summed E-state index contributed by atoms with van der Waals surface area (Å²) in [4.78, 5) is 18.0. The zero-order valence-corrected chi connectivity index (χ0v) is 14.8. The molecule has 3 aromatic rings. The lowest BCUT2D eigenvalue weighted by Crippen LogP contribution is -2.29. The van der Waals surface area contributed by atoms with Crippen LogP contribution in [0.5, 0.6) is 0 Å². The Bertz CT molecular complexity index is 978. The first kappa shape index (κ1) is 17.2. The second-order valence-corrected chi connectivity index (χ2v) is 6.97. The highest BCUT2D eigenvalue weighted by molar-refractivity contribution is 6.35. The fourth-order valence-corrected chi connectivity index (χ4v) is 3.46. The first-order valence-electron chi connectivity index (χ1n) is 7.85. The first-order chi connectivity index (χ1) is 12.4. The van der Waals surface area contributed by atoms with Gasteiger partial charge in [0.2, 0.25) is 5.89 Å². The highest BCUT2D eigenvalue weighted by Gasteiger charge is 2.35. The molecule has 8 heteroatoms. The second-order valence-electron chi connectivity index (χ2n) is 6.10. The van der Waals surface area contributed by atoms with Crippen LogP contribution in [0.3, 0.4) is 0 Å². The van der Waals surface area contributed by atoms with Crippen molar-refractivity contribution in [1.29, 1.82) is 0 Å². The molecule has 0 N–H and O–H groups in total. The number of carbonyl (C=O) groups is 1. The highest BCUT2D eigenvalue weighted by atomic mass is 35.5. The van der Waals surface area contributed by atoms with E-state index < -0.39 is 18.3 Å². The van der Waals surface area contributed by atoms with Gasteiger partial charge in [-0.05, 0) is 36.4 Å². The molecule has 134 valence electrons. The van der Waals surface area contributed by atoms with Gasteiger partial charge in [-0.15, -0.1) is 0 Å². The van der Waals surface area contributed by atoms with Gasteiger partial charge in [0, 0.05) is 21.2 Å². The van der Waals surface area contributed by atoms with Crippen molar-refractivity contribution in [3.8, 4) is 11.5 Å². The molecule has 1 aliphatic heterocycles. The summed E-state index contributed by atoms with van der Waals surface area (Å²) in [6, 6.07) is 9.62. The molecule has 0 radical (unpaired) electrons. The van der Waals surface area contributed by atoms with E-state index in [1.54, 1.807) is 30.3 Å². The number of likely N-dealkylation sites (tertiary alicyclic amines) is 1. The lowest BCUT2D eigenvalue weighted by molar-refractivity contribution is 0.0779. The van der Waals surface area contributed by atoms with E-state index in [0.717, 1.165) is 4.90 Å². The largest absolute Gasteiger partial charge is 0.436 e. The number of fused-ring (bicyclic) bond motifs is 1. The van der Waals surface area contributed by atoms with E-state index in [2.05, 4.69) is 4.98 Å². The van der Waals surface area contributed by atoms with Crippen LogP contribution in [-0.4, -0.2) is 41.2 Å². The minimum Gasteiger partial charge on any atom is -0.436 e. The van der Waals surface area contributed by atoms with E-state index in [1.807, 2.05) is 0 Å². The van der Waals surface area contributed by atoms with Gasteiger partial charge in [0.15, 0.2) is 17.9 Å². The minimum absolute atomic E-state index is 0.249. The molecule has 1 fully saturated rings. The van der Waals surface area contributed by atoms with Crippen LogP contribution in [0.4, 0.5) is 8.78 Å². The molecule has 2 atom stereocenters. The van der Waals surface area contributed by atoms with Crippen molar-refractivity contribution in [3.63, 3.8) is 0 Å². The number of hydrogen-bond donors (Lipinski definition) is 0. The Balaban J connectivity index is 1.67. The smallest absolute Gasteiger partial charge is 0.254 e. The van der Waals surface area contributed by atoms with Crippen molar-refractivity contribution in [2.24, 2.45) is 0 Å². The zero-order valence-electron chi connectivity index (χ0n) is 13.3. The van der Waals surface area contributed by atoms with Crippen LogP contribution in [0.25, 0.3) is 22.6 Å². The number of rotatable bonds is 2. The van der Waals surface area contributed by atoms with Crippen LogP contribution < -0.4 is 0 Å². The lowest BCUT2D eigenvalue weighted by Gasteiger charge is -2.14. The summed E-state index contributed by atoms with van der Waals surface area (Å²) in [6.45, 7) is -0.499. The maximum Gasteiger partial charge on any atom is 0.254 e. The molecule has 2 aromatic carbocycles. The number of nitrogens with zero attached hydrogens (tertiary/aromatic N) is 2. The Morgan fingerprint density at radius 2 is 1.73 bits per heavy atom. The molecular formula is C18H12Cl2F2N2O2. The van der Waals surface area contributed by atoms with Crippen LogP contribution in [-0.2, 0) is 0 Å². The van der Waals surface area contributed by atoms with Crippen molar-refractivity contribution in [2.45, 2.75) is 12.3 Å². The van der Waals surface area contributed by atoms with Crippen molar-refractivity contribution in [1.82, 2.24) is 9.88 Å². The number of carbonyl (C=O) groups excluding carboxylic acids is 1. The molecular weight excluding hydrogens is 385 g/mol. The Kier molecular flexibility index (Phi) is 4.32. The van der Waals surface area contributed by atoms with Gasteiger partial charge >= 0.3 is 0 Å². The fraction of sp³-hybridized carbons (Fsp3) is 0.222. The van der Waals surface area contributed by atoms with Crippen molar-refractivity contribution >= 4 is 40.2 Å². The summed E-state index contributed by atoms with van der Waals surface area (Å²) < 4.78 is 32.4. The summed E-state index contributed by atoms with van der Waals surface area (Å²) in [6.07, 6.45) is -3.29. The van der Waals surface area contributed by atoms with Gasteiger partial charge < -0.3 is 9.32 Å². The topological polar surface area (TPSA) is 46.3 Å². The van der Waals surface area contributed by atoms with Crippen LogP contribution in [0.2, 0.25) is 10.0 Å². The summed E-state index contributed by atoms with van der Waals surface area (Å²) in [5.74, 6) is -0.138. The number of oxazole rings is 1. The van der Waals surface area contributed by atoms with Crippen molar-refractivity contribution in [2.75, 3.05) is 13.1 Å². The highest BCUT2D eigenvalue weighted by Crippen LogP contribution is 2.30. The maximum absolute atomic E-state index is 13.3. The summed E-state index contributed by atoms with van der Waals surface area (Å²) in [7, 11) is 0. The van der Waals surface area contributed by atoms with Gasteiger partial charge in [-0.1, -0.05) is 23.2 Å². The van der Waals surface area contributed by atoms with Gasteiger partial charge in [-0.2, -0.15) is 0 Å². The van der Waals surface area contributed by atoms with Crippen LogP contribution >= 0.6 is 23.2 Å². The Labute approximate surface area is 157 Å². The average molecular weight is 397 g/mol. The third-order valence-corrected chi connectivity index (χ3v) is 4.65. The quantitative estimate of drug-likeness (QED) is 0.616. The van der Waals surface area contributed by atoms with Crippen LogP contribution in [0.1, 0.15) is 10.4 Å². The van der Waals surface area contributed by atoms with Crippen LogP contribution in [0, 0.1) is 0 Å². The van der Waals surface area contributed by atoms with E-state index in [1.165, 1.54) is 6.07 Å². The normalized spacial score (nSPS) is 20.1. The molecule has 1 aliphatic rings. The second kappa shape index (κ2) is 6.52. The fourth-order valence-electron chi connectivity index (χ4n) is 2.93. The van der Waals surface area contributed by atoms with Gasteiger partial charge in [0.1, 0.15) is 5.52 Å². The van der Waals surface area contributed by atoms with Gasteiger partial charge in [0.05, 0.1) is 13.1 Å². The van der Waals surface area contributed by atoms with E-state index in [-0.39, 0.29) is 18.7 Å². The SMILES string of the molecule is O=C(c1ccc2nc(-c3cc(Cl)cc(Cl)c3)oc2c1)N1C[C@@H](F)[C@@H](F)C1. The van der Waals surface area contributed by atoms with E-state index in [0.29, 0.717) is 32.6 Å². The number of hydrogen-bond acceptors (Lipinski definition) is 3. The van der Waals surface area contributed by atoms with Gasteiger partial charge in [-0.3, -0.25) is 4.79 Å². The third kappa shape index (κ3) is 3.15. The molecule has 4 rings (SSSR count). The lowest BCUT2D eigenvalue weighted by atomic mass is 10.2. The molecule has 0 spiro atoms. The molecule has 0 unspecified atom stereocenters. The average Bonchev–Trinajstić information content (AvgIpc) is 3.16. The Morgan fingerprint density at radius 1 is 1.08 bits per heavy atom. The number of benzene rings is 2. The molecule has 2 heterocycles. The van der Waals surface area contributed by atoms with Crippen molar-refractivity contribution < 1.29 is 18.0 Å². The first-order valence-corrected chi connectivity index (χ1v) is 8.61. The molecule has 0 bridgehead atoms. The van der Waals surface area contributed by atoms with Crippen molar-refractivity contribution in [3.05, 3.63) is 52.0 Å². The predicted octanol–water partition coefficient (Wildman–Crippen LogP) is 4.93. The molecule has 1 saturated heterocycles. The summed E-state index contributed by atoms with van der Waals surface area (Å²) in [5.41, 5.74) is 1.81. The Morgan fingerprint density at radius 3 is 2.38 bits per heavy atom. The van der Waals surface area contributed by atoms with Gasteiger partial charge in [-0.25, -0.2) is 13.8 Å². The van der Waals surface area contributed by atoms with E-state index in [4.69, 9.17) is 27.6 Å². The molecule has 4 nitrogen and oxygen atoms in total. The molecule has 26 heavy (non-hydrogen) atoms. The maximum atomic E-state index is 13.3. The molecule has 0 aliphatic carbocycles. The number of halogens is 4. The number of alkyl halides is 2.